The molecule has 6 rings (SSSR count). The number of rotatable bonds is 3. The van der Waals surface area contributed by atoms with E-state index in [2.05, 4.69) is 55.3 Å². The molecule has 0 radical (unpaired) electrons. The number of aromatic nitrogens is 6. The van der Waals surface area contributed by atoms with Gasteiger partial charge in [0.25, 0.3) is 0 Å². The number of thiophene rings is 1. The third-order valence-corrected chi connectivity index (χ3v) is 6.22. The van der Waals surface area contributed by atoms with Gasteiger partial charge in [-0.05, 0) is 43.3 Å². The summed E-state index contributed by atoms with van der Waals surface area (Å²) in [5, 5.41) is 9.80. The van der Waals surface area contributed by atoms with Crippen molar-refractivity contribution in [3.8, 4) is 33.2 Å². The molecule has 6 aromatic heterocycles. The van der Waals surface area contributed by atoms with Gasteiger partial charge in [0.1, 0.15) is 5.69 Å². The molecule has 7 heteroatoms. The molecular formula is C23H16N6S. The number of aryl methyl sites for hydroxylation is 1. The zero-order chi connectivity index (χ0) is 20.1. The van der Waals surface area contributed by atoms with E-state index < -0.39 is 0 Å². The van der Waals surface area contributed by atoms with E-state index in [4.69, 9.17) is 0 Å². The highest BCUT2D eigenvalue weighted by atomic mass is 32.1. The van der Waals surface area contributed by atoms with Gasteiger partial charge in [-0.2, -0.15) is 5.10 Å². The molecule has 0 bridgehead atoms. The lowest BCUT2D eigenvalue weighted by Crippen LogP contribution is -1.86. The van der Waals surface area contributed by atoms with Crippen LogP contribution in [0.3, 0.4) is 0 Å². The number of fused-ring (bicyclic) bond motifs is 2. The lowest BCUT2D eigenvalue weighted by atomic mass is 10.1. The van der Waals surface area contributed by atoms with Crippen LogP contribution in [-0.4, -0.2) is 30.1 Å². The lowest BCUT2D eigenvalue weighted by molar-refractivity contribution is 1.11. The lowest BCUT2D eigenvalue weighted by Gasteiger charge is -2.00. The van der Waals surface area contributed by atoms with Crippen LogP contribution in [0.15, 0.2) is 67.3 Å². The molecule has 0 saturated carbocycles. The highest BCUT2D eigenvalue weighted by molar-refractivity contribution is 7.15. The summed E-state index contributed by atoms with van der Waals surface area (Å²) in [5.41, 5.74) is 6.45. The summed E-state index contributed by atoms with van der Waals surface area (Å²) in [6.45, 7) is 2.12. The van der Waals surface area contributed by atoms with Gasteiger partial charge in [0.05, 0.1) is 40.5 Å². The van der Waals surface area contributed by atoms with Crippen molar-refractivity contribution >= 4 is 33.1 Å². The number of nitrogens with zero attached hydrogens (tertiary/aromatic N) is 4. The molecule has 0 unspecified atom stereocenters. The second-order valence-electron chi connectivity index (χ2n) is 7.14. The molecule has 0 amide bonds. The third kappa shape index (κ3) is 2.71. The van der Waals surface area contributed by atoms with Crippen molar-refractivity contribution < 1.29 is 0 Å². The largest absolute Gasteiger partial charge is 0.352 e. The van der Waals surface area contributed by atoms with Crippen LogP contribution in [0.2, 0.25) is 0 Å². The predicted octanol–water partition coefficient (Wildman–Crippen LogP) is 5.60. The maximum absolute atomic E-state index is 4.57. The van der Waals surface area contributed by atoms with E-state index in [1.54, 1.807) is 23.7 Å². The molecule has 0 aliphatic carbocycles. The van der Waals surface area contributed by atoms with Gasteiger partial charge >= 0.3 is 0 Å². The van der Waals surface area contributed by atoms with Crippen LogP contribution < -0.4 is 0 Å². The van der Waals surface area contributed by atoms with Crippen molar-refractivity contribution in [3.05, 3.63) is 72.1 Å². The summed E-state index contributed by atoms with van der Waals surface area (Å²) in [5.74, 6) is 0. The molecule has 30 heavy (non-hydrogen) atoms. The molecular weight excluding hydrogens is 392 g/mol. The number of nitrogens with one attached hydrogen (secondary N) is 2. The van der Waals surface area contributed by atoms with Crippen molar-refractivity contribution in [2.45, 2.75) is 6.92 Å². The fourth-order valence-corrected chi connectivity index (χ4v) is 4.62. The summed E-state index contributed by atoms with van der Waals surface area (Å²) in [6.07, 6.45) is 7.37. The van der Waals surface area contributed by atoms with Crippen molar-refractivity contribution in [2.24, 2.45) is 0 Å². The highest BCUT2D eigenvalue weighted by Crippen LogP contribution is 2.36. The first-order valence-corrected chi connectivity index (χ1v) is 10.4. The van der Waals surface area contributed by atoms with Gasteiger partial charge in [0.2, 0.25) is 0 Å². The first-order chi connectivity index (χ1) is 14.8. The zero-order valence-electron chi connectivity index (χ0n) is 16.0. The Kier molecular flexibility index (Phi) is 3.75. The van der Waals surface area contributed by atoms with Gasteiger partial charge in [0, 0.05) is 38.5 Å². The van der Waals surface area contributed by atoms with Gasteiger partial charge in [-0.3, -0.25) is 20.1 Å². The second-order valence-corrected chi connectivity index (χ2v) is 8.43. The smallest absolute Gasteiger partial charge is 0.116 e. The molecule has 0 atom stereocenters. The first kappa shape index (κ1) is 17.1. The molecule has 0 saturated heterocycles. The fraction of sp³-hybridized carbons (Fsp3) is 0.0435. The minimum Gasteiger partial charge on any atom is -0.352 e. The van der Waals surface area contributed by atoms with E-state index in [-0.39, 0.29) is 0 Å². The van der Waals surface area contributed by atoms with Crippen molar-refractivity contribution in [1.82, 2.24) is 30.1 Å². The molecule has 6 aromatic rings. The molecule has 0 aromatic carbocycles. The molecule has 2 N–H and O–H groups in total. The average molecular weight is 408 g/mol. The van der Waals surface area contributed by atoms with Crippen LogP contribution in [0.1, 0.15) is 4.88 Å². The van der Waals surface area contributed by atoms with E-state index in [1.165, 1.54) is 9.75 Å². The SMILES string of the molecule is Cc1ccc(-c2cncc3[nH]c(-c4n[nH]c5cnc(-c6ccccn6)cc45)cc23)s1. The maximum Gasteiger partial charge on any atom is 0.116 e. The maximum atomic E-state index is 4.57. The third-order valence-electron chi connectivity index (χ3n) is 5.18. The standard InChI is InChI=1S/C23H16N6S/c1-13-5-6-22(30-13)16-10-24-11-20-14(16)8-19(27-20)23-15-9-18(17-4-2-3-7-25-17)26-12-21(15)28-29-23/h2-12,27H,1H3,(H,28,29). The number of hydrogen-bond donors (Lipinski definition) is 2. The Morgan fingerprint density at radius 1 is 0.867 bits per heavy atom. The Hall–Kier alpha value is -3.84. The summed E-state index contributed by atoms with van der Waals surface area (Å²) >= 11 is 1.77. The molecule has 0 fully saturated rings. The minimum absolute atomic E-state index is 0.818. The highest BCUT2D eigenvalue weighted by Gasteiger charge is 2.15. The minimum atomic E-state index is 0.818. The van der Waals surface area contributed by atoms with Crippen LogP contribution in [0, 0.1) is 6.92 Å². The summed E-state index contributed by atoms with van der Waals surface area (Å²) in [4.78, 5) is 19.4. The van der Waals surface area contributed by atoms with E-state index in [9.17, 15) is 0 Å². The molecule has 144 valence electrons. The van der Waals surface area contributed by atoms with Crippen molar-refractivity contribution in [2.75, 3.05) is 0 Å². The van der Waals surface area contributed by atoms with E-state index in [0.29, 0.717) is 0 Å². The Balaban J connectivity index is 1.52. The van der Waals surface area contributed by atoms with Crippen LogP contribution in [-0.2, 0) is 0 Å². The Morgan fingerprint density at radius 2 is 1.83 bits per heavy atom. The van der Waals surface area contributed by atoms with Crippen LogP contribution in [0.25, 0.3) is 55.0 Å². The van der Waals surface area contributed by atoms with Crippen molar-refractivity contribution in [1.29, 1.82) is 0 Å². The van der Waals surface area contributed by atoms with Crippen LogP contribution in [0.5, 0.6) is 0 Å². The summed E-state index contributed by atoms with van der Waals surface area (Å²) in [7, 11) is 0. The fourth-order valence-electron chi connectivity index (χ4n) is 3.73. The number of hydrogen-bond acceptors (Lipinski definition) is 5. The van der Waals surface area contributed by atoms with E-state index in [1.807, 2.05) is 36.7 Å². The number of H-pyrrole nitrogens is 2. The molecule has 6 heterocycles. The zero-order valence-corrected chi connectivity index (χ0v) is 16.9. The predicted molar refractivity (Wildman–Crippen MR) is 120 cm³/mol. The Bertz CT molecular complexity index is 1510. The first-order valence-electron chi connectivity index (χ1n) is 9.56. The van der Waals surface area contributed by atoms with Gasteiger partial charge < -0.3 is 4.98 Å². The van der Waals surface area contributed by atoms with Gasteiger partial charge in [-0.1, -0.05) is 6.07 Å². The summed E-state index contributed by atoms with van der Waals surface area (Å²) < 4.78 is 0. The average Bonchev–Trinajstić information content (AvgIpc) is 3.51. The Morgan fingerprint density at radius 3 is 2.67 bits per heavy atom. The van der Waals surface area contributed by atoms with Crippen molar-refractivity contribution in [3.63, 3.8) is 0 Å². The normalized spacial score (nSPS) is 11.5. The molecule has 6 nitrogen and oxygen atoms in total. The Labute approximate surface area is 175 Å². The topological polar surface area (TPSA) is 83.1 Å². The van der Waals surface area contributed by atoms with Gasteiger partial charge in [0.15, 0.2) is 0 Å². The van der Waals surface area contributed by atoms with Crippen LogP contribution >= 0.6 is 11.3 Å². The van der Waals surface area contributed by atoms with E-state index in [0.717, 1.165) is 50.1 Å². The van der Waals surface area contributed by atoms with E-state index >= 15 is 0 Å². The molecule has 0 aliphatic rings. The number of aromatic amines is 2. The summed E-state index contributed by atoms with van der Waals surface area (Å²) in [6, 6.07) is 14.3. The quantitative estimate of drug-likeness (QED) is 0.399. The monoisotopic (exact) mass is 408 g/mol. The molecule has 0 aliphatic heterocycles. The second kappa shape index (κ2) is 6.60. The molecule has 0 spiro atoms. The van der Waals surface area contributed by atoms with Gasteiger partial charge in [-0.25, -0.2) is 0 Å². The van der Waals surface area contributed by atoms with Gasteiger partial charge in [-0.15, -0.1) is 11.3 Å². The van der Waals surface area contributed by atoms with Crippen LogP contribution in [0.4, 0.5) is 0 Å². The number of pyridine rings is 3.